The van der Waals surface area contributed by atoms with E-state index in [4.69, 9.17) is 0 Å². The molecular formula is C18H24BrN5OS. The van der Waals surface area contributed by atoms with E-state index in [1.165, 1.54) is 0 Å². The maximum absolute atomic E-state index is 11.9. The van der Waals surface area contributed by atoms with Crippen molar-refractivity contribution in [1.29, 1.82) is 0 Å². The van der Waals surface area contributed by atoms with Crippen LogP contribution in [0.3, 0.4) is 0 Å². The van der Waals surface area contributed by atoms with Crippen LogP contribution in [0.1, 0.15) is 23.4 Å². The Balaban J connectivity index is 1.98. The Morgan fingerprint density at radius 2 is 2.04 bits per heavy atom. The molecule has 2 rings (SSSR count). The maximum Gasteiger partial charge on any atom is 0.241 e. The van der Waals surface area contributed by atoms with Crippen LogP contribution in [0, 0.1) is 0 Å². The first-order valence-electron chi connectivity index (χ1n) is 8.32. The minimum absolute atomic E-state index is 0.00360. The molecular weight excluding hydrogens is 414 g/mol. The maximum atomic E-state index is 11.9. The van der Waals surface area contributed by atoms with E-state index in [1.54, 1.807) is 30.3 Å². The van der Waals surface area contributed by atoms with Gasteiger partial charge in [-0.2, -0.15) is 0 Å². The lowest BCUT2D eigenvalue weighted by atomic mass is 10.2. The van der Waals surface area contributed by atoms with Crippen LogP contribution in [-0.4, -0.2) is 48.9 Å². The molecule has 26 heavy (non-hydrogen) atoms. The van der Waals surface area contributed by atoms with Crippen molar-refractivity contribution >= 4 is 39.1 Å². The minimum Gasteiger partial charge on any atom is -0.356 e. The fourth-order valence-electron chi connectivity index (χ4n) is 2.07. The predicted octanol–water partition coefficient (Wildman–Crippen LogP) is 2.83. The second-order valence-corrected chi connectivity index (χ2v) is 7.93. The first-order chi connectivity index (χ1) is 12.5. The van der Waals surface area contributed by atoms with Crippen molar-refractivity contribution < 1.29 is 4.79 Å². The standard InChI is InChI=1S/C18H24BrN5OS/c1-13(17-20-8-9-26-17)10-21-18(23-12-16(25)24(2)3)22-11-14-4-6-15(19)7-5-14/h4-9,13H,10-12H2,1-3H3,(H2,21,22,23). The summed E-state index contributed by atoms with van der Waals surface area (Å²) >= 11 is 5.07. The van der Waals surface area contributed by atoms with Gasteiger partial charge < -0.3 is 15.5 Å². The molecule has 0 aliphatic heterocycles. The van der Waals surface area contributed by atoms with Crippen LogP contribution in [-0.2, 0) is 11.3 Å². The van der Waals surface area contributed by atoms with E-state index < -0.39 is 0 Å². The van der Waals surface area contributed by atoms with Crippen molar-refractivity contribution in [3.8, 4) is 0 Å². The Hall–Kier alpha value is -1.93. The van der Waals surface area contributed by atoms with Crippen LogP contribution in [0.25, 0.3) is 0 Å². The molecule has 1 aromatic heterocycles. The van der Waals surface area contributed by atoms with Gasteiger partial charge in [0.2, 0.25) is 5.91 Å². The lowest BCUT2D eigenvalue weighted by molar-refractivity contribution is -0.127. The van der Waals surface area contributed by atoms with Crippen LogP contribution in [0.4, 0.5) is 0 Å². The van der Waals surface area contributed by atoms with Crippen LogP contribution in [0.5, 0.6) is 0 Å². The Labute approximate surface area is 166 Å². The monoisotopic (exact) mass is 437 g/mol. The summed E-state index contributed by atoms with van der Waals surface area (Å²) in [6, 6.07) is 8.03. The molecule has 1 unspecified atom stereocenters. The molecule has 1 amide bonds. The van der Waals surface area contributed by atoms with Gasteiger partial charge in [0.1, 0.15) is 0 Å². The van der Waals surface area contributed by atoms with Gasteiger partial charge in [-0.3, -0.25) is 4.79 Å². The zero-order valence-electron chi connectivity index (χ0n) is 15.2. The van der Waals surface area contributed by atoms with E-state index in [9.17, 15) is 4.79 Å². The Kier molecular flexibility index (Phi) is 8.06. The molecule has 0 spiro atoms. The molecule has 0 saturated heterocycles. The quantitative estimate of drug-likeness (QED) is 0.515. The van der Waals surface area contributed by atoms with Gasteiger partial charge in [0.15, 0.2) is 5.96 Å². The number of rotatable bonds is 7. The van der Waals surface area contributed by atoms with E-state index in [0.717, 1.165) is 15.0 Å². The highest BCUT2D eigenvalue weighted by molar-refractivity contribution is 9.10. The molecule has 1 atom stereocenters. The molecule has 0 aliphatic rings. The summed E-state index contributed by atoms with van der Waals surface area (Å²) in [4.78, 5) is 22.4. The average Bonchev–Trinajstić information content (AvgIpc) is 3.16. The minimum atomic E-state index is -0.00360. The number of benzene rings is 1. The summed E-state index contributed by atoms with van der Waals surface area (Å²) in [5, 5.41) is 9.47. The molecule has 1 heterocycles. The number of halogens is 1. The fraction of sp³-hybridized carbons (Fsp3) is 0.389. The second-order valence-electron chi connectivity index (χ2n) is 6.09. The molecule has 1 aromatic carbocycles. The molecule has 0 fully saturated rings. The molecule has 0 bridgehead atoms. The number of likely N-dealkylation sites (N-methyl/N-ethyl adjacent to an activating group) is 1. The van der Waals surface area contributed by atoms with E-state index in [-0.39, 0.29) is 18.4 Å². The summed E-state index contributed by atoms with van der Waals surface area (Å²) in [5.41, 5.74) is 1.10. The molecule has 0 aliphatic carbocycles. The van der Waals surface area contributed by atoms with Crippen molar-refractivity contribution in [2.45, 2.75) is 19.4 Å². The summed E-state index contributed by atoms with van der Waals surface area (Å²) in [6.45, 7) is 3.54. The molecule has 0 saturated carbocycles. The summed E-state index contributed by atoms with van der Waals surface area (Å²) in [6.07, 6.45) is 1.81. The van der Waals surface area contributed by atoms with Gasteiger partial charge >= 0.3 is 0 Å². The van der Waals surface area contributed by atoms with Gasteiger partial charge in [0.05, 0.1) is 18.1 Å². The van der Waals surface area contributed by atoms with E-state index >= 15 is 0 Å². The van der Waals surface area contributed by atoms with Crippen molar-refractivity contribution in [1.82, 2.24) is 20.5 Å². The highest BCUT2D eigenvalue weighted by Crippen LogP contribution is 2.16. The van der Waals surface area contributed by atoms with Crippen molar-refractivity contribution in [2.75, 3.05) is 27.2 Å². The molecule has 2 N–H and O–H groups in total. The number of guanidine groups is 1. The number of carbonyl (C=O) groups is 1. The molecule has 8 heteroatoms. The van der Waals surface area contributed by atoms with Gasteiger partial charge in [0.25, 0.3) is 0 Å². The number of amides is 1. The first-order valence-corrected chi connectivity index (χ1v) is 9.99. The van der Waals surface area contributed by atoms with E-state index in [0.29, 0.717) is 19.0 Å². The van der Waals surface area contributed by atoms with Crippen molar-refractivity contribution in [3.05, 3.63) is 50.9 Å². The van der Waals surface area contributed by atoms with E-state index in [2.05, 4.69) is 43.5 Å². The van der Waals surface area contributed by atoms with E-state index in [1.807, 2.05) is 35.8 Å². The predicted molar refractivity (Wildman–Crippen MR) is 111 cm³/mol. The third-order valence-electron chi connectivity index (χ3n) is 3.69. The van der Waals surface area contributed by atoms with Crippen LogP contribution in [0.2, 0.25) is 0 Å². The smallest absolute Gasteiger partial charge is 0.241 e. The van der Waals surface area contributed by atoms with Crippen LogP contribution >= 0.6 is 27.3 Å². The number of aliphatic imine (C=N–C) groups is 1. The normalized spacial score (nSPS) is 12.5. The zero-order valence-corrected chi connectivity index (χ0v) is 17.6. The van der Waals surface area contributed by atoms with Gasteiger partial charge in [-0.05, 0) is 17.7 Å². The van der Waals surface area contributed by atoms with Crippen LogP contribution in [0.15, 0.2) is 45.3 Å². The van der Waals surface area contributed by atoms with Gasteiger partial charge in [-0.15, -0.1) is 11.3 Å². The van der Waals surface area contributed by atoms with Gasteiger partial charge in [0, 0.05) is 42.6 Å². The Bertz CT molecular complexity index is 716. The highest BCUT2D eigenvalue weighted by Gasteiger charge is 2.10. The average molecular weight is 438 g/mol. The topological polar surface area (TPSA) is 69.6 Å². The largest absolute Gasteiger partial charge is 0.356 e. The first kappa shape index (κ1) is 20.4. The number of nitrogens with one attached hydrogen (secondary N) is 2. The number of nitrogens with zero attached hydrogens (tertiary/aromatic N) is 3. The summed E-state index contributed by atoms with van der Waals surface area (Å²) < 4.78 is 1.04. The number of hydrogen-bond acceptors (Lipinski definition) is 4. The number of hydrogen-bond donors (Lipinski definition) is 2. The number of thiazole rings is 1. The van der Waals surface area contributed by atoms with Crippen molar-refractivity contribution in [2.24, 2.45) is 4.99 Å². The third kappa shape index (κ3) is 6.76. The van der Waals surface area contributed by atoms with Crippen LogP contribution < -0.4 is 10.6 Å². The molecule has 2 aromatic rings. The summed E-state index contributed by atoms with van der Waals surface area (Å²) in [7, 11) is 3.47. The Morgan fingerprint density at radius 3 is 2.65 bits per heavy atom. The number of aromatic nitrogens is 1. The SMILES string of the molecule is CC(CNC(=NCc1ccc(Br)cc1)NCC(=O)N(C)C)c1nccs1. The zero-order chi connectivity index (χ0) is 18.9. The second kappa shape index (κ2) is 10.3. The highest BCUT2D eigenvalue weighted by atomic mass is 79.9. The van der Waals surface area contributed by atoms with Crippen molar-refractivity contribution in [3.63, 3.8) is 0 Å². The Morgan fingerprint density at radius 1 is 1.31 bits per heavy atom. The molecule has 0 radical (unpaired) electrons. The summed E-state index contributed by atoms with van der Waals surface area (Å²) in [5.74, 6) is 0.877. The molecule has 6 nitrogen and oxygen atoms in total. The number of carbonyl (C=O) groups excluding carboxylic acids is 1. The lowest BCUT2D eigenvalue weighted by Gasteiger charge is -2.16. The van der Waals surface area contributed by atoms with Gasteiger partial charge in [-0.1, -0.05) is 35.0 Å². The van der Waals surface area contributed by atoms with Gasteiger partial charge in [-0.25, -0.2) is 9.98 Å². The lowest BCUT2D eigenvalue weighted by Crippen LogP contribution is -2.43. The third-order valence-corrected chi connectivity index (χ3v) is 5.22. The fourth-order valence-corrected chi connectivity index (χ4v) is 3.03. The molecule has 140 valence electrons.